The molecular weight excluding hydrogens is 298 g/mol. The lowest BCUT2D eigenvalue weighted by atomic mass is 9.97. The maximum absolute atomic E-state index is 12.2. The molecule has 1 aliphatic rings. The number of aromatic hydroxyl groups is 1. The summed E-state index contributed by atoms with van der Waals surface area (Å²) >= 11 is 0. The zero-order valence-corrected chi connectivity index (χ0v) is 12.2. The number of carbonyl (C=O) groups is 1. The summed E-state index contributed by atoms with van der Waals surface area (Å²) in [7, 11) is 0. The summed E-state index contributed by atoms with van der Waals surface area (Å²) in [5.41, 5.74) is 0.679. The third-order valence-electron chi connectivity index (χ3n) is 4.17. The Labute approximate surface area is 132 Å². The van der Waals surface area contributed by atoms with Gasteiger partial charge in [-0.25, -0.2) is 0 Å². The Kier molecular flexibility index (Phi) is 3.69. The van der Waals surface area contributed by atoms with Crippen LogP contribution in [0.5, 0.6) is 5.75 Å². The van der Waals surface area contributed by atoms with E-state index in [0.29, 0.717) is 6.54 Å². The number of aromatic nitrogens is 1. The van der Waals surface area contributed by atoms with E-state index in [-0.39, 0.29) is 22.4 Å². The summed E-state index contributed by atoms with van der Waals surface area (Å²) in [6.07, 6.45) is 5.34. The van der Waals surface area contributed by atoms with Gasteiger partial charge >= 0.3 is 0 Å². The standard InChI is InChI=1S/C16H15N3O4/c20-14-2-1-12(19(22)23)9-13(14)15(21)18-10-16(5-6-16)11-3-7-17-8-4-11/h1-4,7-9,20H,5-6,10H2,(H,18,21). The fraction of sp³-hybridized carbons (Fsp3) is 0.250. The van der Waals surface area contributed by atoms with Crippen LogP contribution in [-0.2, 0) is 5.41 Å². The van der Waals surface area contributed by atoms with Gasteiger partial charge in [-0.05, 0) is 36.6 Å². The number of pyridine rings is 1. The maximum Gasteiger partial charge on any atom is 0.270 e. The second-order valence-corrected chi connectivity index (χ2v) is 5.66. The number of amides is 1. The highest BCUT2D eigenvalue weighted by molar-refractivity contribution is 5.97. The molecule has 1 aromatic carbocycles. The molecule has 1 fully saturated rings. The van der Waals surface area contributed by atoms with Gasteiger partial charge in [0.2, 0.25) is 0 Å². The van der Waals surface area contributed by atoms with Gasteiger partial charge in [0.25, 0.3) is 11.6 Å². The summed E-state index contributed by atoms with van der Waals surface area (Å²) in [6.45, 7) is 0.415. The first kappa shape index (κ1) is 15.0. The molecule has 3 rings (SSSR count). The lowest BCUT2D eigenvalue weighted by molar-refractivity contribution is -0.384. The van der Waals surface area contributed by atoms with E-state index in [1.54, 1.807) is 12.4 Å². The largest absolute Gasteiger partial charge is 0.507 e. The Balaban J connectivity index is 1.73. The molecule has 0 bridgehead atoms. The molecule has 2 aromatic rings. The van der Waals surface area contributed by atoms with Crippen LogP contribution in [0.4, 0.5) is 5.69 Å². The van der Waals surface area contributed by atoms with E-state index in [1.807, 2.05) is 12.1 Å². The quantitative estimate of drug-likeness (QED) is 0.650. The molecule has 0 aliphatic heterocycles. The number of benzene rings is 1. The van der Waals surface area contributed by atoms with Gasteiger partial charge in [-0.15, -0.1) is 0 Å². The molecular formula is C16H15N3O4. The Morgan fingerprint density at radius 1 is 1.30 bits per heavy atom. The molecule has 1 heterocycles. The smallest absolute Gasteiger partial charge is 0.270 e. The number of nitro benzene ring substituents is 1. The Morgan fingerprint density at radius 2 is 2.00 bits per heavy atom. The molecule has 7 heteroatoms. The van der Waals surface area contributed by atoms with Gasteiger partial charge in [0, 0.05) is 36.5 Å². The van der Waals surface area contributed by atoms with Crippen molar-refractivity contribution in [2.24, 2.45) is 0 Å². The van der Waals surface area contributed by atoms with Gasteiger partial charge in [0.1, 0.15) is 5.75 Å². The van der Waals surface area contributed by atoms with E-state index >= 15 is 0 Å². The number of carbonyl (C=O) groups excluding carboxylic acids is 1. The van der Waals surface area contributed by atoms with Crippen LogP contribution in [0.1, 0.15) is 28.8 Å². The van der Waals surface area contributed by atoms with Crippen LogP contribution in [-0.4, -0.2) is 27.5 Å². The zero-order chi connectivity index (χ0) is 16.4. The molecule has 0 radical (unpaired) electrons. The minimum atomic E-state index is -0.602. The molecule has 0 atom stereocenters. The zero-order valence-electron chi connectivity index (χ0n) is 12.2. The fourth-order valence-electron chi connectivity index (χ4n) is 2.59. The molecule has 2 N–H and O–H groups in total. The van der Waals surface area contributed by atoms with Crippen LogP contribution in [0.3, 0.4) is 0 Å². The average Bonchev–Trinajstić information content (AvgIpc) is 3.35. The molecule has 0 saturated heterocycles. The second kappa shape index (κ2) is 5.68. The van der Waals surface area contributed by atoms with Crippen molar-refractivity contribution in [3.63, 3.8) is 0 Å². The first-order valence-corrected chi connectivity index (χ1v) is 7.18. The Morgan fingerprint density at radius 3 is 2.61 bits per heavy atom. The van der Waals surface area contributed by atoms with Crippen molar-refractivity contribution in [1.82, 2.24) is 10.3 Å². The first-order valence-electron chi connectivity index (χ1n) is 7.18. The van der Waals surface area contributed by atoms with Gasteiger partial charge in [0.15, 0.2) is 0 Å². The SMILES string of the molecule is O=C(NCC1(c2ccncc2)CC1)c1cc([N+](=O)[O-])ccc1O. The molecule has 0 spiro atoms. The lowest BCUT2D eigenvalue weighted by Crippen LogP contribution is -2.32. The van der Waals surface area contributed by atoms with Gasteiger partial charge in [-0.2, -0.15) is 0 Å². The van der Waals surface area contributed by atoms with Gasteiger partial charge in [-0.3, -0.25) is 19.9 Å². The van der Waals surface area contributed by atoms with Gasteiger partial charge in [-0.1, -0.05) is 0 Å². The van der Waals surface area contributed by atoms with Crippen LogP contribution >= 0.6 is 0 Å². The van der Waals surface area contributed by atoms with Crippen molar-refractivity contribution in [1.29, 1.82) is 0 Å². The number of hydrogen-bond donors (Lipinski definition) is 2. The van der Waals surface area contributed by atoms with E-state index in [4.69, 9.17) is 0 Å². The number of nitro groups is 1. The number of nitrogens with zero attached hydrogens (tertiary/aromatic N) is 2. The van der Waals surface area contributed by atoms with Crippen LogP contribution in [0.15, 0.2) is 42.7 Å². The van der Waals surface area contributed by atoms with E-state index in [2.05, 4.69) is 10.3 Å². The number of hydrogen-bond acceptors (Lipinski definition) is 5. The molecule has 1 aromatic heterocycles. The average molecular weight is 313 g/mol. The van der Waals surface area contributed by atoms with Crippen LogP contribution in [0.25, 0.3) is 0 Å². The Bertz CT molecular complexity index is 757. The summed E-state index contributed by atoms with van der Waals surface area (Å²) < 4.78 is 0. The van der Waals surface area contributed by atoms with E-state index in [1.165, 1.54) is 0 Å². The van der Waals surface area contributed by atoms with E-state index < -0.39 is 10.8 Å². The summed E-state index contributed by atoms with van der Waals surface area (Å²) in [4.78, 5) is 26.4. The highest BCUT2D eigenvalue weighted by Gasteiger charge is 2.44. The number of rotatable bonds is 5. The number of phenolic OH excluding ortho intramolecular Hbond substituents is 1. The number of phenols is 1. The topological polar surface area (TPSA) is 105 Å². The van der Waals surface area contributed by atoms with Crippen molar-refractivity contribution >= 4 is 11.6 Å². The number of nitrogens with one attached hydrogen (secondary N) is 1. The van der Waals surface area contributed by atoms with Crippen molar-refractivity contribution in [3.05, 3.63) is 64.0 Å². The summed E-state index contributed by atoms with van der Waals surface area (Å²) in [5.74, 6) is -0.798. The van der Waals surface area contributed by atoms with Crippen molar-refractivity contribution in [2.45, 2.75) is 18.3 Å². The van der Waals surface area contributed by atoms with Crippen molar-refractivity contribution < 1.29 is 14.8 Å². The fourth-order valence-corrected chi connectivity index (χ4v) is 2.59. The molecule has 1 amide bonds. The van der Waals surface area contributed by atoms with E-state index in [0.717, 1.165) is 36.6 Å². The molecule has 1 aliphatic carbocycles. The minimum Gasteiger partial charge on any atom is -0.507 e. The summed E-state index contributed by atoms with van der Waals surface area (Å²) in [5, 5.41) is 23.3. The number of non-ortho nitro benzene ring substituents is 1. The molecule has 1 saturated carbocycles. The van der Waals surface area contributed by atoms with Crippen molar-refractivity contribution in [2.75, 3.05) is 6.54 Å². The third kappa shape index (κ3) is 2.98. The minimum absolute atomic E-state index is 0.0928. The third-order valence-corrected chi connectivity index (χ3v) is 4.17. The van der Waals surface area contributed by atoms with Crippen LogP contribution in [0.2, 0.25) is 0 Å². The van der Waals surface area contributed by atoms with Crippen LogP contribution in [0, 0.1) is 10.1 Å². The second-order valence-electron chi connectivity index (χ2n) is 5.66. The van der Waals surface area contributed by atoms with E-state index in [9.17, 15) is 20.0 Å². The lowest BCUT2D eigenvalue weighted by Gasteiger charge is -2.16. The monoisotopic (exact) mass is 313 g/mol. The van der Waals surface area contributed by atoms with Gasteiger partial charge < -0.3 is 10.4 Å². The van der Waals surface area contributed by atoms with Crippen LogP contribution < -0.4 is 5.32 Å². The highest BCUT2D eigenvalue weighted by Crippen LogP contribution is 2.47. The summed E-state index contributed by atoms with van der Waals surface area (Å²) in [6, 6.07) is 7.24. The molecule has 7 nitrogen and oxygen atoms in total. The predicted molar refractivity (Wildman–Crippen MR) is 82.2 cm³/mol. The molecule has 23 heavy (non-hydrogen) atoms. The first-order chi connectivity index (χ1) is 11.0. The highest BCUT2D eigenvalue weighted by atomic mass is 16.6. The maximum atomic E-state index is 12.2. The predicted octanol–water partition coefficient (Wildman–Crippen LogP) is 2.16. The van der Waals surface area contributed by atoms with Gasteiger partial charge in [0.05, 0.1) is 10.5 Å². The Hall–Kier alpha value is -2.96. The molecule has 0 unspecified atom stereocenters. The normalized spacial score (nSPS) is 15.0. The van der Waals surface area contributed by atoms with Crippen molar-refractivity contribution in [3.8, 4) is 5.75 Å². The molecule has 118 valence electrons.